The van der Waals surface area contributed by atoms with Crippen molar-refractivity contribution in [2.45, 2.75) is 37.7 Å². The summed E-state index contributed by atoms with van der Waals surface area (Å²) in [5, 5.41) is 11.2. The van der Waals surface area contributed by atoms with Gasteiger partial charge in [0.15, 0.2) is 11.2 Å². The Bertz CT molecular complexity index is 1660. The molecule has 1 aliphatic rings. The SMILES string of the molecule is Cn1c(=O)c2c(ncn2[C@H]2CN(C(=O)Cn3c(C(F)(F)F)nc4ccccc43)CC[C@]2(C)O)n(C)c1=O. The number of rotatable bonds is 3. The smallest absolute Gasteiger partial charge is 0.388 e. The minimum absolute atomic E-state index is 0.0733. The van der Waals surface area contributed by atoms with Crippen LogP contribution in [-0.2, 0) is 31.6 Å². The van der Waals surface area contributed by atoms with Gasteiger partial charge in [0.25, 0.3) is 5.56 Å². The first-order chi connectivity index (χ1) is 17.3. The van der Waals surface area contributed by atoms with Crippen LogP contribution in [0.1, 0.15) is 25.2 Å². The lowest BCUT2D eigenvalue weighted by atomic mass is 9.88. The Morgan fingerprint density at radius 2 is 1.89 bits per heavy atom. The van der Waals surface area contributed by atoms with Gasteiger partial charge in [-0.25, -0.2) is 14.8 Å². The van der Waals surface area contributed by atoms with Crippen LogP contribution in [0.25, 0.3) is 22.2 Å². The molecule has 5 rings (SSSR count). The quantitative estimate of drug-likeness (QED) is 0.432. The highest BCUT2D eigenvalue weighted by Gasteiger charge is 2.42. The van der Waals surface area contributed by atoms with E-state index in [9.17, 15) is 32.7 Å². The van der Waals surface area contributed by atoms with Crippen LogP contribution < -0.4 is 11.2 Å². The third-order valence-electron chi connectivity index (χ3n) is 7.06. The van der Waals surface area contributed by atoms with Crippen LogP contribution in [0.5, 0.6) is 0 Å². The zero-order valence-electron chi connectivity index (χ0n) is 20.2. The number of piperidine rings is 1. The molecule has 1 aromatic carbocycles. The van der Waals surface area contributed by atoms with Gasteiger partial charge < -0.3 is 19.1 Å². The lowest BCUT2D eigenvalue weighted by molar-refractivity contribution is -0.148. The van der Waals surface area contributed by atoms with E-state index in [0.29, 0.717) is 0 Å². The summed E-state index contributed by atoms with van der Waals surface area (Å²) in [4.78, 5) is 47.7. The maximum absolute atomic E-state index is 13.7. The average Bonchev–Trinajstić information content (AvgIpc) is 3.43. The van der Waals surface area contributed by atoms with Crippen molar-refractivity contribution in [3.8, 4) is 0 Å². The third-order valence-corrected chi connectivity index (χ3v) is 7.06. The molecule has 1 saturated heterocycles. The van der Waals surface area contributed by atoms with E-state index < -0.39 is 47.3 Å². The number of para-hydroxylation sites is 2. The highest BCUT2D eigenvalue weighted by Crippen LogP contribution is 2.34. The second-order valence-corrected chi connectivity index (χ2v) is 9.50. The summed E-state index contributed by atoms with van der Waals surface area (Å²) >= 11 is 0. The molecule has 1 amide bonds. The Morgan fingerprint density at radius 1 is 1.19 bits per heavy atom. The highest BCUT2D eigenvalue weighted by molar-refractivity contribution is 5.81. The van der Waals surface area contributed by atoms with Gasteiger partial charge in [-0.2, -0.15) is 13.2 Å². The highest BCUT2D eigenvalue weighted by atomic mass is 19.4. The van der Waals surface area contributed by atoms with E-state index in [2.05, 4.69) is 9.97 Å². The van der Waals surface area contributed by atoms with E-state index in [1.165, 1.54) is 46.6 Å². The van der Waals surface area contributed by atoms with Gasteiger partial charge in [-0.3, -0.25) is 18.7 Å². The van der Waals surface area contributed by atoms with Crippen LogP contribution in [0.3, 0.4) is 0 Å². The number of benzene rings is 1. The number of carbonyl (C=O) groups is 1. The van der Waals surface area contributed by atoms with Gasteiger partial charge in [0.05, 0.1) is 29.0 Å². The molecule has 0 radical (unpaired) electrons. The van der Waals surface area contributed by atoms with Crippen LogP contribution in [0.2, 0.25) is 0 Å². The van der Waals surface area contributed by atoms with E-state index in [1.807, 2.05) is 0 Å². The number of hydrogen-bond acceptors (Lipinski definition) is 6. The normalized spacial score (nSPS) is 20.7. The first-order valence-electron chi connectivity index (χ1n) is 11.5. The molecule has 0 saturated carbocycles. The molecular weight excluding hydrogens is 495 g/mol. The van der Waals surface area contributed by atoms with Crippen LogP contribution in [0.4, 0.5) is 13.2 Å². The van der Waals surface area contributed by atoms with Crippen molar-refractivity contribution in [1.29, 1.82) is 0 Å². The van der Waals surface area contributed by atoms with E-state index in [-0.39, 0.29) is 41.7 Å². The standard InChI is InChI=1S/C23H24F3N7O4/c1-22(37)8-9-31(10-15(22)33-12-27-18-17(33)19(35)30(3)21(36)29(18)2)16(34)11-32-14-7-5-4-6-13(14)28-20(32)23(24,25)26/h4-7,12,15,37H,8-11H2,1-3H3/t15-,22-/m0/s1. The number of aliphatic hydroxyl groups is 1. The molecule has 1 aliphatic heterocycles. The molecule has 1 fully saturated rings. The fourth-order valence-corrected chi connectivity index (χ4v) is 4.93. The molecule has 11 nitrogen and oxygen atoms in total. The maximum Gasteiger partial charge on any atom is 0.449 e. The number of halogens is 3. The predicted molar refractivity (Wildman–Crippen MR) is 126 cm³/mol. The average molecular weight is 519 g/mol. The van der Waals surface area contributed by atoms with Crippen LogP contribution >= 0.6 is 0 Å². The number of fused-ring (bicyclic) bond motifs is 2. The summed E-state index contributed by atoms with van der Waals surface area (Å²) in [6.45, 7) is 0.963. The number of likely N-dealkylation sites (tertiary alicyclic amines) is 1. The first-order valence-corrected chi connectivity index (χ1v) is 11.5. The van der Waals surface area contributed by atoms with E-state index >= 15 is 0 Å². The molecule has 3 aromatic heterocycles. The van der Waals surface area contributed by atoms with Gasteiger partial charge in [0.1, 0.15) is 6.54 Å². The van der Waals surface area contributed by atoms with Gasteiger partial charge >= 0.3 is 11.9 Å². The molecule has 37 heavy (non-hydrogen) atoms. The molecule has 2 atom stereocenters. The van der Waals surface area contributed by atoms with Gasteiger partial charge in [0, 0.05) is 27.2 Å². The van der Waals surface area contributed by atoms with Crippen molar-refractivity contribution in [1.82, 2.24) is 33.1 Å². The van der Waals surface area contributed by atoms with Gasteiger partial charge in [0.2, 0.25) is 11.7 Å². The summed E-state index contributed by atoms with van der Waals surface area (Å²) in [5.74, 6) is -1.77. The van der Waals surface area contributed by atoms with E-state index in [4.69, 9.17) is 0 Å². The summed E-state index contributed by atoms with van der Waals surface area (Å²) in [5.41, 5.74) is -2.07. The van der Waals surface area contributed by atoms with Crippen molar-refractivity contribution in [2.75, 3.05) is 13.1 Å². The molecule has 0 unspecified atom stereocenters. The lowest BCUT2D eigenvalue weighted by Crippen LogP contribution is -2.53. The number of carbonyl (C=O) groups excluding carboxylic acids is 1. The Hall–Kier alpha value is -3.94. The number of hydrogen-bond donors (Lipinski definition) is 1. The molecule has 0 bridgehead atoms. The second kappa shape index (κ2) is 8.30. The van der Waals surface area contributed by atoms with E-state index in [0.717, 1.165) is 9.13 Å². The van der Waals surface area contributed by atoms with Crippen molar-refractivity contribution < 1.29 is 23.1 Å². The van der Waals surface area contributed by atoms with Crippen molar-refractivity contribution in [3.05, 3.63) is 57.3 Å². The second-order valence-electron chi connectivity index (χ2n) is 9.50. The lowest BCUT2D eigenvalue weighted by Gasteiger charge is -2.43. The van der Waals surface area contributed by atoms with Gasteiger partial charge in [-0.05, 0) is 25.5 Å². The number of aromatic nitrogens is 6. The summed E-state index contributed by atoms with van der Waals surface area (Å²) < 4.78 is 45.5. The van der Waals surface area contributed by atoms with Gasteiger partial charge in [-0.1, -0.05) is 12.1 Å². The molecule has 196 valence electrons. The summed E-state index contributed by atoms with van der Waals surface area (Å²) in [6, 6.07) is 5.19. The topological polar surface area (TPSA) is 120 Å². The molecule has 0 spiro atoms. The summed E-state index contributed by atoms with van der Waals surface area (Å²) in [7, 11) is 2.79. The Balaban J connectivity index is 1.52. The van der Waals surface area contributed by atoms with Crippen molar-refractivity contribution >= 4 is 28.1 Å². The van der Waals surface area contributed by atoms with Gasteiger partial charge in [-0.15, -0.1) is 0 Å². The summed E-state index contributed by atoms with van der Waals surface area (Å²) in [6.07, 6.45) is -3.34. The number of alkyl halides is 3. The minimum atomic E-state index is -4.76. The Kier molecular flexibility index (Phi) is 5.55. The number of aryl methyl sites for hydroxylation is 1. The number of nitrogens with zero attached hydrogens (tertiary/aromatic N) is 7. The van der Waals surface area contributed by atoms with Crippen LogP contribution in [0.15, 0.2) is 40.2 Å². The van der Waals surface area contributed by atoms with Crippen molar-refractivity contribution in [2.24, 2.45) is 14.1 Å². The third kappa shape index (κ3) is 3.91. The molecule has 4 aromatic rings. The predicted octanol–water partition coefficient (Wildman–Crippen LogP) is 1.03. The Morgan fingerprint density at radius 3 is 2.59 bits per heavy atom. The van der Waals surface area contributed by atoms with E-state index in [1.54, 1.807) is 19.1 Å². The fraction of sp³-hybridized carbons (Fsp3) is 0.435. The van der Waals surface area contributed by atoms with Crippen LogP contribution in [0, 0.1) is 0 Å². The largest absolute Gasteiger partial charge is 0.449 e. The van der Waals surface area contributed by atoms with Crippen LogP contribution in [-0.4, -0.2) is 62.8 Å². The molecule has 14 heteroatoms. The monoisotopic (exact) mass is 519 g/mol. The number of imidazole rings is 2. The van der Waals surface area contributed by atoms with Crippen molar-refractivity contribution in [3.63, 3.8) is 0 Å². The fourth-order valence-electron chi connectivity index (χ4n) is 4.93. The zero-order chi connectivity index (χ0) is 26.9. The molecule has 4 heterocycles. The maximum atomic E-state index is 13.7. The Labute approximate surface area is 207 Å². The zero-order valence-corrected chi connectivity index (χ0v) is 20.2. The minimum Gasteiger partial charge on any atom is -0.388 e. The first kappa shape index (κ1) is 24.7. The molecule has 0 aliphatic carbocycles. The molecule has 1 N–H and O–H groups in total. The number of amides is 1. The molecular formula is C23H24F3N7O4.